The van der Waals surface area contributed by atoms with Crippen LogP contribution < -0.4 is 14.7 Å². The maximum absolute atomic E-state index is 10.9. The summed E-state index contributed by atoms with van der Waals surface area (Å²) in [6.07, 6.45) is 2.50. The lowest BCUT2D eigenvalue weighted by Crippen LogP contribution is -3.08. The summed E-state index contributed by atoms with van der Waals surface area (Å²) in [5.41, 5.74) is 1.20. The van der Waals surface area contributed by atoms with Crippen LogP contribution in [0.1, 0.15) is 35.7 Å². The van der Waals surface area contributed by atoms with Crippen molar-refractivity contribution in [1.29, 1.82) is 0 Å². The molecule has 1 aliphatic heterocycles. The van der Waals surface area contributed by atoms with Crippen molar-refractivity contribution in [2.24, 2.45) is 0 Å². The molecule has 98 valence electrons. The first-order chi connectivity index (χ1) is 8.70. The van der Waals surface area contributed by atoms with Crippen molar-refractivity contribution in [2.45, 2.75) is 26.3 Å². The number of benzene rings is 1. The summed E-state index contributed by atoms with van der Waals surface area (Å²) in [5.74, 6) is -0.336. The summed E-state index contributed by atoms with van der Waals surface area (Å²) in [7, 11) is 0. The number of ether oxygens (including phenoxy) is 1. The van der Waals surface area contributed by atoms with Crippen molar-refractivity contribution in [1.82, 2.24) is 0 Å². The number of carbonyl (C=O) groups is 1. The van der Waals surface area contributed by atoms with Gasteiger partial charge in [0.2, 0.25) is 0 Å². The number of carboxylic acid groups (broad SMARTS) is 1. The summed E-state index contributed by atoms with van der Waals surface area (Å²) in [6, 6.07) is 4.97. The zero-order chi connectivity index (χ0) is 13.0. The molecular weight excluding hydrogens is 230 g/mol. The van der Waals surface area contributed by atoms with Crippen LogP contribution in [0.4, 0.5) is 0 Å². The highest BCUT2D eigenvalue weighted by Crippen LogP contribution is 2.19. The van der Waals surface area contributed by atoms with E-state index in [2.05, 4.69) is 0 Å². The number of hydrogen-bond acceptors (Lipinski definition) is 3. The van der Waals surface area contributed by atoms with Crippen molar-refractivity contribution >= 4 is 5.97 Å². The molecule has 1 heterocycles. The molecule has 2 rings (SSSR count). The second kappa shape index (κ2) is 5.87. The summed E-state index contributed by atoms with van der Waals surface area (Å²) >= 11 is 0. The number of aromatic carboxylic acids is 1. The summed E-state index contributed by atoms with van der Waals surface area (Å²) in [4.78, 5) is 12.4. The first kappa shape index (κ1) is 12.9. The van der Waals surface area contributed by atoms with E-state index in [0.29, 0.717) is 6.61 Å². The Bertz CT molecular complexity index is 425. The SMILES string of the molecule is CCOc1ccc(C(=O)[O-])cc1C[NH+]1CCCC1. The molecule has 0 amide bonds. The molecule has 4 heteroatoms. The van der Waals surface area contributed by atoms with Gasteiger partial charge in [-0.25, -0.2) is 0 Å². The van der Waals surface area contributed by atoms with E-state index in [1.54, 1.807) is 18.2 Å². The van der Waals surface area contributed by atoms with Gasteiger partial charge in [-0.2, -0.15) is 0 Å². The van der Waals surface area contributed by atoms with E-state index in [4.69, 9.17) is 4.74 Å². The van der Waals surface area contributed by atoms with E-state index in [1.807, 2.05) is 6.92 Å². The van der Waals surface area contributed by atoms with Crippen molar-refractivity contribution in [3.63, 3.8) is 0 Å². The number of nitrogens with one attached hydrogen (secondary N) is 1. The number of likely N-dealkylation sites (tertiary alicyclic amines) is 1. The highest BCUT2D eigenvalue weighted by Gasteiger charge is 2.18. The first-order valence-corrected chi connectivity index (χ1v) is 6.51. The van der Waals surface area contributed by atoms with E-state index in [-0.39, 0.29) is 5.56 Å². The molecular formula is C14H19NO3. The van der Waals surface area contributed by atoms with E-state index < -0.39 is 5.97 Å². The molecule has 0 unspecified atom stereocenters. The third kappa shape index (κ3) is 3.01. The van der Waals surface area contributed by atoms with Crippen molar-refractivity contribution in [3.05, 3.63) is 29.3 Å². The standard InChI is InChI=1S/C14H19NO3/c1-2-18-13-6-5-11(14(16)17)9-12(13)10-15-7-3-4-8-15/h5-6,9H,2-4,7-8,10H2,1H3,(H,16,17). The molecule has 0 radical (unpaired) electrons. The molecule has 0 atom stereocenters. The summed E-state index contributed by atoms with van der Waals surface area (Å²) < 4.78 is 5.56. The number of carbonyl (C=O) groups excluding carboxylic acids is 1. The largest absolute Gasteiger partial charge is 0.545 e. The van der Waals surface area contributed by atoms with Gasteiger partial charge >= 0.3 is 0 Å². The van der Waals surface area contributed by atoms with Crippen LogP contribution in [0.15, 0.2) is 18.2 Å². The molecule has 1 aliphatic rings. The number of rotatable bonds is 5. The molecule has 1 fully saturated rings. The van der Waals surface area contributed by atoms with Crippen molar-refractivity contribution in [2.75, 3.05) is 19.7 Å². The highest BCUT2D eigenvalue weighted by atomic mass is 16.5. The van der Waals surface area contributed by atoms with Crippen LogP contribution in [-0.4, -0.2) is 25.7 Å². The van der Waals surface area contributed by atoms with Crippen molar-refractivity contribution in [3.8, 4) is 5.75 Å². The van der Waals surface area contributed by atoms with Gasteiger partial charge in [-0.1, -0.05) is 0 Å². The topological polar surface area (TPSA) is 53.8 Å². The van der Waals surface area contributed by atoms with Gasteiger partial charge < -0.3 is 19.5 Å². The lowest BCUT2D eigenvalue weighted by Gasteiger charge is -2.16. The van der Waals surface area contributed by atoms with Crippen LogP contribution in [-0.2, 0) is 6.54 Å². The Balaban J connectivity index is 2.21. The zero-order valence-corrected chi connectivity index (χ0v) is 10.7. The van der Waals surface area contributed by atoms with Crippen LogP contribution in [0.2, 0.25) is 0 Å². The van der Waals surface area contributed by atoms with E-state index in [1.165, 1.54) is 17.7 Å². The minimum atomic E-state index is -1.13. The van der Waals surface area contributed by atoms with Gasteiger partial charge in [-0.15, -0.1) is 0 Å². The van der Waals surface area contributed by atoms with Gasteiger partial charge in [-0.05, 0) is 30.7 Å². The molecule has 1 aromatic rings. The van der Waals surface area contributed by atoms with Gasteiger partial charge in [-0.3, -0.25) is 0 Å². The summed E-state index contributed by atoms with van der Waals surface area (Å²) in [6.45, 7) is 5.66. The molecule has 0 bridgehead atoms. The second-order valence-electron chi connectivity index (χ2n) is 4.68. The van der Waals surface area contributed by atoms with Crippen LogP contribution in [0.5, 0.6) is 5.75 Å². The fourth-order valence-electron chi connectivity index (χ4n) is 2.46. The quantitative estimate of drug-likeness (QED) is 0.774. The van der Waals surface area contributed by atoms with Crippen LogP contribution in [0.3, 0.4) is 0 Å². The average molecular weight is 249 g/mol. The van der Waals surface area contributed by atoms with Gasteiger partial charge in [0.05, 0.1) is 25.7 Å². The monoisotopic (exact) mass is 249 g/mol. The fourth-order valence-corrected chi connectivity index (χ4v) is 2.46. The molecule has 0 spiro atoms. The summed E-state index contributed by atoms with van der Waals surface area (Å²) in [5, 5.41) is 10.9. The fraction of sp³-hybridized carbons (Fsp3) is 0.500. The van der Waals surface area contributed by atoms with E-state index >= 15 is 0 Å². The molecule has 1 N–H and O–H groups in total. The third-order valence-electron chi connectivity index (χ3n) is 3.35. The lowest BCUT2D eigenvalue weighted by molar-refractivity contribution is -0.901. The molecule has 0 saturated carbocycles. The van der Waals surface area contributed by atoms with Gasteiger partial charge in [0, 0.05) is 18.4 Å². The van der Waals surface area contributed by atoms with Crippen LogP contribution in [0, 0.1) is 0 Å². The van der Waals surface area contributed by atoms with Crippen LogP contribution in [0.25, 0.3) is 0 Å². The number of carboxylic acids is 1. The highest BCUT2D eigenvalue weighted by molar-refractivity contribution is 5.86. The Kier molecular flexibility index (Phi) is 4.20. The molecule has 4 nitrogen and oxygen atoms in total. The lowest BCUT2D eigenvalue weighted by atomic mass is 10.1. The first-order valence-electron chi connectivity index (χ1n) is 6.51. The van der Waals surface area contributed by atoms with Gasteiger partial charge in [0.15, 0.2) is 0 Å². The molecule has 0 aliphatic carbocycles. The molecule has 18 heavy (non-hydrogen) atoms. The predicted octanol–water partition coefficient (Wildman–Crippen LogP) is -0.372. The smallest absolute Gasteiger partial charge is 0.128 e. The molecule has 1 saturated heterocycles. The number of hydrogen-bond donors (Lipinski definition) is 1. The maximum atomic E-state index is 10.9. The zero-order valence-electron chi connectivity index (χ0n) is 10.7. The Morgan fingerprint density at radius 3 is 2.72 bits per heavy atom. The minimum Gasteiger partial charge on any atom is -0.545 e. The van der Waals surface area contributed by atoms with Gasteiger partial charge in [0.25, 0.3) is 0 Å². The second-order valence-corrected chi connectivity index (χ2v) is 4.68. The predicted molar refractivity (Wildman–Crippen MR) is 65.6 cm³/mol. The maximum Gasteiger partial charge on any atom is 0.128 e. The normalized spacial score (nSPS) is 15.8. The minimum absolute atomic E-state index is 0.229. The average Bonchev–Trinajstić information content (AvgIpc) is 2.84. The Hall–Kier alpha value is -1.55. The van der Waals surface area contributed by atoms with Crippen molar-refractivity contribution < 1.29 is 19.5 Å². The van der Waals surface area contributed by atoms with Gasteiger partial charge in [0.1, 0.15) is 12.3 Å². The Labute approximate surface area is 107 Å². The molecule has 0 aromatic heterocycles. The van der Waals surface area contributed by atoms with E-state index in [0.717, 1.165) is 30.9 Å². The molecule has 1 aromatic carbocycles. The third-order valence-corrected chi connectivity index (χ3v) is 3.35. The van der Waals surface area contributed by atoms with E-state index in [9.17, 15) is 9.90 Å². The Morgan fingerprint density at radius 1 is 1.39 bits per heavy atom. The number of quaternary nitrogens is 1. The van der Waals surface area contributed by atoms with Crippen LogP contribution >= 0.6 is 0 Å². The Morgan fingerprint density at radius 2 is 2.11 bits per heavy atom.